The summed E-state index contributed by atoms with van der Waals surface area (Å²) in [4.78, 5) is 24.0. The molecule has 27 heavy (non-hydrogen) atoms. The lowest BCUT2D eigenvalue weighted by Crippen LogP contribution is -2.47. The quantitative estimate of drug-likeness (QED) is 0.760. The second-order valence-electron chi connectivity index (χ2n) is 6.24. The molecule has 1 aromatic heterocycles. The lowest BCUT2D eigenvalue weighted by molar-refractivity contribution is -0.274. The fourth-order valence-electron chi connectivity index (χ4n) is 3.04. The van der Waals surface area contributed by atoms with Gasteiger partial charge in [-0.15, -0.1) is 13.2 Å². The predicted molar refractivity (Wildman–Crippen MR) is 94.4 cm³/mol. The van der Waals surface area contributed by atoms with Crippen molar-refractivity contribution in [2.24, 2.45) is 0 Å². The minimum absolute atomic E-state index is 0.237. The van der Waals surface area contributed by atoms with Gasteiger partial charge in [0, 0.05) is 31.9 Å². The maximum Gasteiger partial charge on any atom is 0.573 e. The highest BCUT2D eigenvalue weighted by atomic mass is 19.4. The van der Waals surface area contributed by atoms with Gasteiger partial charge in [0.15, 0.2) is 6.29 Å². The number of halogens is 3. The first-order valence-electron chi connectivity index (χ1n) is 8.43. The maximum absolute atomic E-state index is 12.2. The van der Waals surface area contributed by atoms with Crippen molar-refractivity contribution in [2.45, 2.75) is 20.2 Å². The van der Waals surface area contributed by atoms with E-state index in [-0.39, 0.29) is 5.75 Å². The fourth-order valence-corrected chi connectivity index (χ4v) is 3.04. The van der Waals surface area contributed by atoms with Crippen molar-refractivity contribution in [3.8, 4) is 5.75 Å². The summed E-state index contributed by atoms with van der Waals surface area (Å²) in [6, 6.07) is 5.84. The van der Waals surface area contributed by atoms with Crippen molar-refractivity contribution in [2.75, 3.05) is 36.0 Å². The van der Waals surface area contributed by atoms with Crippen molar-refractivity contribution >= 4 is 17.9 Å². The molecule has 0 spiro atoms. The molecule has 1 aliphatic rings. The van der Waals surface area contributed by atoms with Gasteiger partial charge in [0.05, 0.1) is 17.0 Å². The van der Waals surface area contributed by atoms with E-state index in [4.69, 9.17) is 0 Å². The van der Waals surface area contributed by atoms with Crippen LogP contribution < -0.4 is 14.5 Å². The summed E-state index contributed by atoms with van der Waals surface area (Å²) in [5.74, 6) is 0.351. The first-order valence-corrected chi connectivity index (χ1v) is 8.43. The van der Waals surface area contributed by atoms with Crippen LogP contribution in [0.2, 0.25) is 0 Å². The zero-order chi connectivity index (χ0) is 19.6. The molecule has 0 bridgehead atoms. The van der Waals surface area contributed by atoms with E-state index in [1.54, 1.807) is 26.0 Å². The van der Waals surface area contributed by atoms with Crippen molar-refractivity contribution < 1.29 is 22.7 Å². The largest absolute Gasteiger partial charge is 0.573 e. The average molecular weight is 380 g/mol. The maximum atomic E-state index is 12.2. The fraction of sp³-hybridized carbons (Fsp3) is 0.389. The number of alkyl halides is 3. The summed E-state index contributed by atoms with van der Waals surface area (Å²) in [7, 11) is 0. The molecule has 0 atom stereocenters. The van der Waals surface area contributed by atoms with Gasteiger partial charge >= 0.3 is 6.36 Å². The van der Waals surface area contributed by atoms with Crippen LogP contribution in [0, 0.1) is 13.8 Å². The number of hydrogen-bond acceptors (Lipinski definition) is 6. The van der Waals surface area contributed by atoms with Crippen molar-refractivity contribution in [3.63, 3.8) is 0 Å². The molecule has 0 N–H and O–H groups in total. The van der Waals surface area contributed by atoms with Gasteiger partial charge in [-0.2, -0.15) is 0 Å². The van der Waals surface area contributed by atoms with E-state index in [1.807, 2.05) is 4.90 Å². The Morgan fingerprint density at radius 1 is 0.963 bits per heavy atom. The third kappa shape index (κ3) is 4.47. The van der Waals surface area contributed by atoms with Gasteiger partial charge in [0.1, 0.15) is 5.75 Å². The molecule has 0 amide bonds. The van der Waals surface area contributed by atoms with Crippen LogP contribution in [0.5, 0.6) is 5.75 Å². The van der Waals surface area contributed by atoms with Gasteiger partial charge in [0.2, 0.25) is 5.95 Å². The number of aldehydes is 1. The van der Waals surface area contributed by atoms with E-state index in [1.165, 1.54) is 12.1 Å². The van der Waals surface area contributed by atoms with E-state index in [2.05, 4.69) is 19.6 Å². The summed E-state index contributed by atoms with van der Waals surface area (Å²) in [5, 5.41) is 0. The average Bonchev–Trinajstić information content (AvgIpc) is 2.61. The second-order valence-corrected chi connectivity index (χ2v) is 6.24. The Hall–Kier alpha value is -2.84. The number of carbonyl (C=O) groups is 1. The zero-order valence-corrected chi connectivity index (χ0v) is 15.0. The molecule has 9 heteroatoms. The number of nitrogens with zero attached hydrogens (tertiary/aromatic N) is 4. The molecular formula is C18H19F3N4O2. The molecule has 1 saturated heterocycles. The highest BCUT2D eigenvalue weighted by Crippen LogP contribution is 2.26. The van der Waals surface area contributed by atoms with Crippen LogP contribution in [0.25, 0.3) is 0 Å². The molecule has 0 radical (unpaired) electrons. The number of benzene rings is 1. The Bertz CT molecular complexity index is 793. The van der Waals surface area contributed by atoms with Gasteiger partial charge in [0.25, 0.3) is 0 Å². The summed E-state index contributed by atoms with van der Waals surface area (Å²) in [6.45, 7) is 6.25. The topological polar surface area (TPSA) is 58.6 Å². The molecule has 0 saturated carbocycles. The Labute approximate surface area is 154 Å². The minimum atomic E-state index is -4.69. The molecule has 1 aliphatic heterocycles. The number of carbonyl (C=O) groups excluding carboxylic acids is 1. The minimum Gasteiger partial charge on any atom is -0.406 e. The highest BCUT2D eigenvalue weighted by Gasteiger charge is 2.31. The summed E-state index contributed by atoms with van der Waals surface area (Å²) in [6.07, 6.45) is -3.93. The van der Waals surface area contributed by atoms with Gasteiger partial charge in [-0.3, -0.25) is 4.79 Å². The van der Waals surface area contributed by atoms with Gasteiger partial charge in [-0.25, -0.2) is 9.97 Å². The number of aryl methyl sites for hydroxylation is 2. The van der Waals surface area contributed by atoms with E-state index in [0.29, 0.717) is 49.1 Å². The molecular weight excluding hydrogens is 361 g/mol. The molecule has 0 aliphatic carbocycles. The van der Waals surface area contributed by atoms with Gasteiger partial charge < -0.3 is 14.5 Å². The Balaban J connectivity index is 1.64. The van der Waals surface area contributed by atoms with Crippen LogP contribution in [0.15, 0.2) is 24.3 Å². The van der Waals surface area contributed by atoms with Crippen molar-refractivity contribution in [1.29, 1.82) is 0 Å². The Morgan fingerprint density at radius 2 is 1.48 bits per heavy atom. The van der Waals surface area contributed by atoms with E-state index in [9.17, 15) is 18.0 Å². The Morgan fingerprint density at radius 3 is 1.96 bits per heavy atom. The first-order chi connectivity index (χ1) is 12.8. The first kappa shape index (κ1) is 18.9. The molecule has 0 unspecified atom stereocenters. The van der Waals surface area contributed by atoms with E-state index < -0.39 is 6.36 Å². The number of piperazine rings is 1. The second kappa shape index (κ2) is 7.42. The van der Waals surface area contributed by atoms with Gasteiger partial charge in [-0.05, 0) is 38.1 Å². The summed E-state index contributed by atoms with van der Waals surface area (Å²) in [5.41, 5.74) is 2.64. The molecule has 1 aromatic carbocycles. The van der Waals surface area contributed by atoms with E-state index in [0.717, 1.165) is 12.0 Å². The van der Waals surface area contributed by atoms with E-state index >= 15 is 0 Å². The smallest absolute Gasteiger partial charge is 0.406 e. The van der Waals surface area contributed by atoms with Crippen molar-refractivity contribution in [1.82, 2.24) is 9.97 Å². The van der Waals surface area contributed by atoms with Crippen LogP contribution in [0.4, 0.5) is 24.8 Å². The van der Waals surface area contributed by atoms with Gasteiger partial charge in [-0.1, -0.05) is 0 Å². The van der Waals surface area contributed by atoms with Crippen LogP contribution in [0.1, 0.15) is 21.7 Å². The number of anilines is 2. The lowest BCUT2D eigenvalue weighted by Gasteiger charge is -2.36. The van der Waals surface area contributed by atoms with Crippen LogP contribution in [-0.4, -0.2) is 48.8 Å². The Kier molecular flexibility index (Phi) is 5.20. The molecule has 3 rings (SSSR count). The third-order valence-corrected chi connectivity index (χ3v) is 4.43. The highest BCUT2D eigenvalue weighted by molar-refractivity contribution is 5.78. The lowest BCUT2D eigenvalue weighted by atomic mass is 10.2. The third-order valence-electron chi connectivity index (χ3n) is 4.43. The van der Waals surface area contributed by atoms with Crippen LogP contribution >= 0.6 is 0 Å². The standard InChI is InChI=1S/C18H19F3N4O2/c1-12-16(11-26)13(2)23-17(22-12)25-9-7-24(8-10-25)14-3-5-15(6-4-14)27-18(19,20)21/h3-6,11H,7-10H2,1-2H3. The number of rotatable bonds is 4. The number of hydrogen-bond donors (Lipinski definition) is 0. The zero-order valence-electron chi connectivity index (χ0n) is 15.0. The van der Waals surface area contributed by atoms with Crippen molar-refractivity contribution in [3.05, 3.63) is 41.2 Å². The molecule has 144 valence electrons. The van der Waals surface area contributed by atoms with Crippen LogP contribution in [-0.2, 0) is 0 Å². The molecule has 6 nitrogen and oxygen atoms in total. The molecule has 1 fully saturated rings. The summed E-state index contributed by atoms with van der Waals surface area (Å²) >= 11 is 0. The molecule has 2 heterocycles. The predicted octanol–water partition coefficient (Wildman–Crippen LogP) is 3.13. The summed E-state index contributed by atoms with van der Waals surface area (Å²) < 4.78 is 40.6. The number of ether oxygens (including phenoxy) is 1. The SMILES string of the molecule is Cc1nc(N2CCN(c3ccc(OC(F)(F)F)cc3)CC2)nc(C)c1C=O. The molecule has 2 aromatic rings. The van der Waals surface area contributed by atoms with Crippen LogP contribution in [0.3, 0.4) is 0 Å². The normalized spacial score (nSPS) is 15.0. The monoisotopic (exact) mass is 380 g/mol. The number of aromatic nitrogens is 2.